The van der Waals surface area contributed by atoms with Gasteiger partial charge in [0.2, 0.25) is 5.91 Å². The fraction of sp³-hybridized carbons (Fsp3) is 0.400. The van der Waals surface area contributed by atoms with E-state index in [9.17, 15) is 9.59 Å². The van der Waals surface area contributed by atoms with Gasteiger partial charge in [0.25, 0.3) is 5.91 Å². The maximum absolute atomic E-state index is 12.5. The third-order valence-corrected chi connectivity index (χ3v) is 4.28. The molecule has 6 nitrogen and oxygen atoms in total. The number of carbonyl (C=O) groups excluding carboxylic acids is 2. The van der Waals surface area contributed by atoms with Crippen molar-refractivity contribution in [3.8, 4) is 0 Å². The van der Waals surface area contributed by atoms with Crippen molar-refractivity contribution in [2.45, 2.75) is 18.9 Å². The zero-order valence-corrected chi connectivity index (χ0v) is 13.5. The van der Waals surface area contributed by atoms with E-state index in [0.717, 1.165) is 10.0 Å². The quantitative estimate of drug-likeness (QED) is 0.865. The summed E-state index contributed by atoms with van der Waals surface area (Å²) >= 11 is 3.41. The fourth-order valence-corrected chi connectivity index (χ4v) is 2.79. The summed E-state index contributed by atoms with van der Waals surface area (Å²) in [5.41, 5.74) is 3.82. The molecule has 1 unspecified atom stereocenters. The highest BCUT2D eigenvalue weighted by atomic mass is 79.9. The van der Waals surface area contributed by atoms with E-state index in [4.69, 9.17) is 4.74 Å². The van der Waals surface area contributed by atoms with Crippen LogP contribution in [0.2, 0.25) is 0 Å². The number of rotatable bonds is 2. The Balaban J connectivity index is 1.69. The van der Waals surface area contributed by atoms with E-state index in [0.29, 0.717) is 38.2 Å². The minimum atomic E-state index is -0.147. The van der Waals surface area contributed by atoms with Gasteiger partial charge in [0, 0.05) is 23.9 Å². The zero-order chi connectivity index (χ0) is 15.5. The van der Waals surface area contributed by atoms with Crippen molar-refractivity contribution in [3.63, 3.8) is 0 Å². The number of ether oxygens (including phenoxy) is 1. The van der Waals surface area contributed by atoms with Crippen LogP contribution in [0.1, 0.15) is 24.5 Å². The maximum Gasteiger partial charge on any atom is 0.270 e. The molecule has 0 saturated carbocycles. The van der Waals surface area contributed by atoms with Crippen molar-refractivity contribution >= 4 is 33.5 Å². The molecule has 1 aromatic rings. The van der Waals surface area contributed by atoms with Gasteiger partial charge < -0.3 is 9.64 Å². The second-order valence-electron chi connectivity index (χ2n) is 5.26. The first-order valence-corrected chi connectivity index (χ1v) is 7.94. The molecule has 3 rings (SSSR count). The molecule has 2 heterocycles. The second-order valence-corrected chi connectivity index (χ2v) is 6.17. The summed E-state index contributed by atoms with van der Waals surface area (Å²) in [7, 11) is 0. The highest BCUT2D eigenvalue weighted by Crippen LogP contribution is 2.24. The Hall–Kier alpha value is -1.73. The number of nitrogens with zero attached hydrogens (tertiary/aromatic N) is 2. The van der Waals surface area contributed by atoms with Crippen molar-refractivity contribution in [1.82, 2.24) is 10.3 Å². The molecule has 1 N–H and O–H groups in total. The Morgan fingerprint density at radius 3 is 2.77 bits per heavy atom. The minimum absolute atomic E-state index is 0.120. The van der Waals surface area contributed by atoms with Gasteiger partial charge in [0.1, 0.15) is 11.8 Å². The Labute approximate surface area is 136 Å². The van der Waals surface area contributed by atoms with E-state index in [1.165, 1.54) is 0 Å². The molecule has 2 aliphatic rings. The summed E-state index contributed by atoms with van der Waals surface area (Å²) < 4.78 is 6.78. The third-order valence-electron chi connectivity index (χ3n) is 3.75. The lowest BCUT2D eigenvalue weighted by Gasteiger charge is -2.33. The van der Waals surface area contributed by atoms with E-state index in [1.807, 2.05) is 24.3 Å². The number of morpholine rings is 1. The first kappa shape index (κ1) is 15.2. The highest BCUT2D eigenvalue weighted by molar-refractivity contribution is 9.10. The lowest BCUT2D eigenvalue weighted by Crippen LogP contribution is -2.46. The predicted octanol–water partition coefficient (Wildman–Crippen LogP) is 1.61. The summed E-state index contributed by atoms with van der Waals surface area (Å²) in [6, 6.07) is 7.89. The molecule has 1 fully saturated rings. The standard InChI is InChI=1S/C15H16BrN3O3/c16-11-3-1-10(2-4-11)13-9-19(7-8-22-13)15(21)12-5-6-14(20)18-17-12/h1-4,13H,5-9H2,(H,18,20). The van der Waals surface area contributed by atoms with E-state index in [2.05, 4.69) is 26.5 Å². The van der Waals surface area contributed by atoms with Gasteiger partial charge in [0.05, 0.1) is 13.2 Å². The van der Waals surface area contributed by atoms with Gasteiger partial charge in [-0.3, -0.25) is 9.59 Å². The molecule has 1 aromatic carbocycles. The van der Waals surface area contributed by atoms with Crippen LogP contribution in [0, 0.1) is 0 Å². The van der Waals surface area contributed by atoms with E-state index in [-0.39, 0.29) is 17.9 Å². The summed E-state index contributed by atoms with van der Waals surface area (Å²) in [6.07, 6.45) is 0.570. The predicted molar refractivity (Wildman–Crippen MR) is 84.2 cm³/mol. The molecule has 0 bridgehead atoms. The smallest absolute Gasteiger partial charge is 0.270 e. The Morgan fingerprint density at radius 1 is 1.32 bits per heavy atom. The molecule has 2 aliphatic heterocycles. The number of amides is 2. The summed E-state index contributed by atoms with van der Waals surface area (Å²) in [5, 5.41) is 3.87. The second kappa shape index (κ2) is 6.58. The largest absolute Gasteiger partial charge is 0.370 e. The van der Waals surface area contributed by atoms with Gasteiger partial charge in [0.15, 0.2) is 0 Å². The average Bonchev–Trinajstić information content (AvgIpc) is 2.56. The summed E-state index contributed by atoms with van der Waals surface area (Å²) in [4.78, 5) is 25.3. The summed E-state index contributed by atoms with van der Waals surface area (Å²) in [6.45, 7) is 1.53. The van der Waals surface area contributed by atoms with Crippen LogP contribution < -0.4 is 5.43 Å². The lowest BCUT2D eigenvalue weighted by atomic mass is 10.1. The number of carbonyl (C=O) groups is 2. The topological polar surface area (TPSA) is 71.0 Å². The van der Waals surface area contributed by atoms with Crippen LogP contribution in [0.4, 0.5) is 0 Å². The van der Waals surface area contributed by atoms with Gasteiger partial charge >= 0.3 is 0 Å². The first-order chi connectivity index (χ1) is 10.6. The van der Waals surface area contributed by atoms with Crippen molar-refractivity contribution in [3.05, 3.63) is 34.3 Å². The zero-order valence-electron chi connectivity index (χ0n) is 11.9. The number of hydrazone groups is 1. The number of nitrogens with one attached hydrogen (secondary N) is 1. The molecule has 0 aliphatic carbocycles. The number of hydrogen-bond acceptors (Lipinski definition) is 4. The van der Waals surface area contributed by atoms with Gasteiger partial charge in [-0.25, -0.2) is 5.43 Å². The van der Waals surface area contributed by atoms with E-state index in [1.54, 1.807) is 4.90 Å². The fourth-order valence-electron chi connectivity index (χ4n) is 2.52. The van der Waals surface area contributed by atoms with Crippen molar-refractivity contribution < 1.29 is 14.3 Å². The van der Waals surface area contributed by atoms with Gasteiger partial charge in [-0.1, -0.05) is 28.1 Å². The summed E-state index contributed by atoms with van der Waals surface area (Å²) in [5.74, 6) is -0.267. The number of benzene rings is 1. The average molecular weight is 366 g/mol. The third kappa shape index (κ3) is 3.36. The first-order valence-electron chi connectivity index (χ1n) is 7.15. The highest BCUT2D eigenvalue weighted by Gasteiger charge is 2.29. The normalized spacial score (nSPS) is 22.0. The molecule has 116 valence electrons. The Morgan fingerprint density at radius 2 is 2.09 bits per heavy atom. The number of halogens is 1. The van der Waals surface area contributed by atoms with Crippen LogP contribution in [0.15, 0.2) is 33.8 Å². The molecule has 0 radical (unpaired) electrons. The van der Waals surface area contributed by atoms with Crippen LogP contribution in [0.5, 0.6) is 0 Å². The van der Waals surface area contributed by atoms with Crippen LogP contribution in [-0.2, 0) is 14.3 Å². The molecule has 1 saturated heterocycles. The molecular formula is C15H16BrN3O3. The van der Waals surface area contributed by atoms with Crippen LogP contribution in [0.3, 0.4) is 0 Å². The van der Waals surface area contributed by atoms with Gasteiger partial charge in [-0.15, -0.1) is 0 Å². The Kier molecular flexibility index (Phi) is 4.54. The molecule has 1 atom stereocenters. The van der Waals surface area contributed by atoms with Gasteiger partial charge in [-0.05, 0) is 17.7 Å². The molecule has 0 aromatic heterocycles. The monoisotopic (exact) mass is 365 g/mol. The minimum Gasteiger partial charge on any atom is -0.370 e. The molecular weight excluding hydrogens is 350 g/mol. The van der Waals surface area contributed by atoms with Gasteiger partial charge in [-0.2, -0.15) is 5.10 Å². The lowest BCUT2D eigenvalue weighted by molar-refractivity contribution is -0.132. The van der Waals surface area contributed by atoms with E-state index < -0.39 is 0 Å². The SMILES string of the molecule is O=C1CCC(C(=O)N2CCOC(c3ccc(Br)cc3)C2)=NN1. The molecule has 22 heavy (non-hydrogen) atoms. The maximum atomic E-state index is 12.5. The molecule has 0 spiro atoms. The van der Waals surface area contributed by atoms with Crippen LogP contribution in [-0.4, -0.2) is 42.1 Å². The van der Waals surface area contributed by atoms with Crippen LogP contribution in [0.25, 0.3) is 0 Å². The molecule has 2 amide bonds. The van der Waals surface area contributed by atoms with Crippen molar-refractivity contribution in [2.24, 2.45) is 5.10 Å². The number of hydrogen-bond donors (Lipinski definition) is 1. The van der Waals surface area contributed by atoms with Crippen molar-refractivity contribution in [2.75, 3.05) is 19.7 Å². The Bertz CT molecular complexity index is 615. The van der Waals surface area contributed by atoms with Crippen LogP contribution >= 0.6 is 15.9 Å². The van der Waals surface area contributed by atoms with Crippen molar-refractivity contribution in [1.29, 1.82) is 0 Å². The van der Waals surface area contributed by atoms with E-state index >= 15 is 0 Å². The molecule has 7 heteroatoms.